The molecular weight excluding hydrogens is 431 g/mol. The van der Waals surface area contributed by atoms with Gasteiger partial charge in [-0.2, -0.15) is 0 Å². The number of ether oxygens (including phenoxy) is 1. The highest BCUT2D eigenvalue weighted by atomic mass is 127. The second-order valence-corrected chi connectivity index (χ2v) is 5.03. The molecule has 0 saturated carbocycles. The normalized spacial score (nSPS) is 9.64. The van der Waals surface area contributed by atoms with Crippen molar-refractivity contribution < 1.29 is 9.53 Å². The maximum Gasteiger partial charge on any atom is 0.412 e. The molecule has 6 heteroatoms. The van der Waals surface area contributed by atoms with Crippen molar-refractivity contribution in [2.45, 2.75) is 0 Å². The molecule has 0 aliphatic rings. The van der Waals surface area contributed by atoms with Gasteiger partial charge in [-0.3, -0.25) is 5.32 Å². The van der Waals surface area contributed by atoms with Crippen LogP contribution in [-0.4, -0.2) is 12.2 Å². The Bertz CT molecular complexity index is 326. The lowest BCUT2D eigenvalue weighted by Gasteiger charge is -2.05. The van der Waals surface area contributed by atoms with E-state index < -0.39 is 6.09 Å². The third-order valence-electron chi connectivity index (χ3n) is 1.29. The summed E-state index contributed by atoms with van der Waals surface area (Å²) in [6.07, 6.45) is -0.544. The van der Waals surface area contributed by atoms with Gasteiger partial charge in [0.05, 0.1) is 0 Å². The lowest BCUT2D eigenvalue weighted by Crippen LogP contribution is -2.12. The topological polar surface area (TPSA) is 38.3 Å². The maximum atomic E-state index is 11.0. The largest absolute Gasteiger partial charge is 0.433 e. The highest BCUT2D eigenvalue weighted by Gasteiger charge is 2.03. The van der Waals surface area contributed by atoms with Crippen LogP contribution < -0.4 is 5.32 Å². The number of carbonyl (C=O) groups is 1. The molecule has 0 aliphatic heterocycles. The summed E-state index contributed by atoms with van der Waals surface area (Å²) in [4.78, 5) is 11.0. The number of benzene rings is 1. The third-order valence-corrected chi connectivity index (χ3v) is 2.65. The zero-order chi connectivity index (χ0) is 10.6. The highest BCUT2D eigenvalue weighted by molar-refractivity contribution is 14.1. The van der Waals surface area contributed by atoms with Crippen molar-refractivity contribution in [2.75, 3.05) is 11.4 Å². The minimum atomic E-state index is -0.544. The summed E-state index contributed by atoms with van der Waals surface area (Å²) in [5, 5.41) is 2.57. The monoisotopic (exact) mass is 437 g/mol. The van der Waals surface area contributed by atoms with Crippen LogP contribution in [0.2, 0.25) is 0 Å². The minimum absolute atomic E-state index is 0.146. The van der Waals surface area contributed by atoms with E-state index in [0.29, 0.717) is 5.69 Å². The first kappa shape index (κ1) is 12.3. The summed E-state index contributed by atoms with van der Waals surface area (Å²) in [6.45, 7) is 0. The molecule has 1 aromatic rings. The van der Waals surface area contributed by atoms with Crippen molar-refractivity contribution in [1.82, 2.24) is 0 Å². The van der Waals surface area contributed by atoms with Gasteiger partial charge < -0.3 is 4.74 Å². The summed E-state index contributed by atoms with van der Waals surface area (Å²) in [6, 6.07) is 5.54. The standard InChI is InChI=1S/C8H6ClI2NO2/c9-4-14-8(13)12-7-2-5(10)1-6(11)3-7/h1-3H,4H2,(H,12,13). The van der Waals surface area contributed by atoms with Crippen LogP contribution >= 0.6 is 56.8 Å². The number of nitrogens with one attached hydrogen (secondary N) is 1. The van der Waals surface area contributed by atoms with Crippen LogP contribution in [0.1, 0.15) is 0 Å². The molecule has 0 spiro atoms. The Morgan fingerprint density at radius 2 is 1.93 bits per heavy atom. The SMILES string of the molecule is O=C(Nc1cc(I)cc(I)c1)OCCl. The van der Waals surface area contributed by atoms with Gasteiger partial charge in [-0.15, -0.1) is 0 Å². The second-order valence-electron chi connectivity index (χ2n) is 2.32. The van der Waals surface area contributed by atoms with E-state index >= 15 is 0 Å². The first-order chi connectivity index (χ1) is 6.61. The van der Waals surface area contributed by atoms with E-state index in [2.05, 4.69) is 55.2 Å². The number of hydrogen-bond acceptors (Lipinski definition) is 2. The molecule has 76 valence electrons. The van der Waals surface area contributed by atoms with Crippen LogP contribution in [0, 0.1) is 7.14 Å². The molecular formula is C8H6ClI2NO2. The number of amides is 1. The summed E-state index contributed by atoms with van der Waals surface area (Å²) < 4.78 is 6.64. The zero-order valence-electron chi connectivity index (χ0n) is 6.89. The number of anilines is 1. The molecule has 1 aromatic carbocycles. The van der Waals surface area contributed by atoms with Gasteiger partial charge >= 0.3 is 6.09 Å². The smallest absolute Gasteiger partial charge is 0.412 e. The molecule has 0 aromatic heterocycles. The molecule has 0 aliphatic carbocycles. The van der Waals surface area contributed by atoms with Crippen molar-refractivity contribution in [3.8, 4) is 0 Å². The molecule has 0 heterocycles. The van der Waals surface area contributed by atoms with E-state index in [4.69, 9.17) is 11.6 Å². The molecule has 0 radical (unpaired) electrons. The summed E-state index contributed by atoms with van der Waals surface area (Å²) in [5.74, 6) is 0. The van der Waals surface area contributed by atoms with Gasteiger partial charge in [0.25, 0.3) is 0 Å². The first-order valence-electron chi connectivity index (χ1n) is 3.57. The lowest BCUT2D eigenvalue weighted by molar-refractivity contribution is 0.180. The Hall–Kier alpha value is 0.240. The van der Waals surface area contributed by atoms with Crippen molar-refractivity contribution in [3.63, 3.8) is 0 Å². The van der Waals surface area contributed by atoms with Gasteiger partial charge in [0.2, 0.25) is 0 Å². The van der Waals surface area contributed by atoms with Gasteiger partial charge in [-0.1, -0.05) is 11.6 Å². The first-order valence-corrected chi connectivity index (χ1v) is 6.27. The molecule has 0 unspecified atom stereocenters. The summed E-state index contributed by atoms with van der Waals surface area (Å²) in [5.41, 5.74) is 0.705. The van der Waals surface area contributed by atoms with Crippen LogP contribution in [0.15, 0.2) is 18.2 Å². The van der Waals surface area contributed by atoms with Crippen molar-refractivity contribution >= 4 is 68.6 Å². The Morgan fingerprint density at radius 1 is 1.36 bits per heavy atom. The Kier molecular flexibility index (Phi) is 5.24. The van der Waals surface area contributed by atoms with Crippen LogP contribution in [0.25, 0.3) is 0 Å². The lowest BCUT2D eigenvalue weighted by atomic mass is 10.3. The Balaban J connectivity index is 2.71. The molecule has 1 rings (SSSR count). The van der Waals surface area contributed by atoms with E-state index in [1.54, 1.807) is 0 Å². The minimum Gasteiger partial charge on any atom is -0.433 e. The summed E-state index contributed by atoms with van der Waals surface area (Å²) in [7, 11) is 0. The van der Waals surface area contributed by atoms with Crippen molar-refractivity contribution in [3.05, 3.63) is 25.3 Å². The van der Waals surface area contributed by atoms with E-state index in [1.165, 1.54) is 0 Å². The molecule has 14 heavy (non-hydrogen) atoms. The Labute approximate surface area is 114 Å². The third kappa shape index (κ3) is 4.18. The van der Waals surface area contributed by atoms with Gasteiger partial charge in [-0.05, 0) is 63.4 Å². The van der Waals surface area contributed by atoms with Gasteiger partial charge in [-0.25, -0.2) is 4.79 Å². The molecule has 0 atom stereocenters. The van der Waals surface area contributed by atoms with Crippen LogP contribution in [0.3, 0.4) is 0 Å². The summed E-state index contributed by atoms with van der Waals surface area (Å²) >= 11 is 9.59. The van der Waals surface area contributed by atoms with Gasteiger partial charge in [0, 0.05) is 12.8 Å². The fraction of sp³-hybridized carbons (Fsp3) is 0.125. The number of hydrogen-bond donors (Lipinski definition) is 1. The number of rotatable bonds is 2. The molecule has 1 N–H and O–H groups in total. The number of carbonyl (C=O) groups excluding carboxylic acids is 1. The average molecular weight is 437 g/mol. The van der Waals surface area contributed by atoms with Crippen molar-refractivity contribution in [2.24, 2.45) is 0 Å². The van der Waals surface area contributed by atoms with Crippen LogP contribution in [0.4, 0.5) is 10.5 Å². The zero-order valence-corrected chi connectivity index (χ0v) is 12.0. The fourth-order valence-electron chi connectivity index (χ4n) is 0.829. The predicted molar refractivity (Wildman–Crippen MR) is 72.7 cm³/mol. The molecule has 0 saturated heterocycles. The maximum absolute atomic E-state index is 11.0. The van der Waals surface area contributed by atoms with E-state index in [-0.39, 0.29) is 6.07 Å². The van der Waals surface area contributed by atoms with Gasteiger partial charge in [0.15, 0.2) is 6.07 Å². The predicted octanol–water partition coefficient (Wildman–Crippen LogP) is 3.64. The molecule has 0 fully saturated rings. The van der Waals surface area contributed by atoms with Crippen molar-refractivity contribution in [1.29, 1.82) is 0 Å². The van der Waals surface area contributed by atoms with Crippen LogP contribution in [0.5, 0.6) is 0 Å². The van der Waals surface area contributed by atoms with E-state index in [1.807, 2.05) is 18.2 Å². The molecule has 3 nitrogen and oxygen atoms in total. The molecule has 0 bridgehead atoms. The number of halogens is 3. The quantitative estimate of drug-likeness (QED) is 0.567. The van der Waals surface area contributed by atoms with Crippen LogP contribution in [-0.2, 0) is 4.74 Å². The van der Waals surface area contributed by atoms with E-state index in [0.717, 1.165) is 7.14 Å². The average Bonchev–Trinajstić information content (AvgIpc) is 2.01. The van der Waals surface area contributed by atoms with Gasteiger partial charge in [0.1, 0.15) is 0 Å². The number of alkyl halides is 1. The highest BCUT2D eigenvalue weighted by Crippen LogP contribution is 2.18. The Morgan fingerprint density at radius 3 is 2.43 bits per heavy atom. The fourth-order valence-corrected chi connectivity index (χ4v) is 2.87. The molecule has 1 amide bonds. The second kappa shape index (κ2) is 5.96. The van der Waals surface area contributed by atoms with E-state index in [9.17, 15) is 4.79 Å².